The minimum atomic E-state index is -0.418. The Labute approximate surface area is 172 Å². The van der Waals surface area contributed by atoms with Crippen LogP contribution < -0.4 is 0 Å². The molecule has 1 fully saturated rings. The molecule has 0 saturated heterocycles. The summed E-state index contributed by atoms with van der Waals surface area (Å²) < 4.78 is 7.63. The van der Waals surface area contributed by atoms with E-state index in [0.717, 1.165) is 41.0 Å². The van der Waals surface area contributed by atoms with Crippen LogP contribution in [0.3, 0.4) is 0 Å². The maximum Gasteiger partial charge on any atom is 0.312 e. The number of carbonyl (C=O) groups excluding carboxylic acids is 1. The first kappa shape index (κ1) is 17.4. The van der Waals surface area contributed by atoms with Crippen LogP contribution in [0, 0.1) is 6.92 Å². The summed E-state index contributed by atoms with van der Waals surface area (Å²) in [5, 5.41) is 13.0. The SMILES string of the molecule is Cc1cccn2nc(C3c4nc[nH]c4CCN3C(=O)c3nnc(C4(C)CC4)o3)cc12. The molecule has 1 N–H and O–H groups in total. The number of fused-ring (bicyclic) bond motifs is 2. The number of amides is 1. The highest BCUT2D eigenvalue weighted by Crippen LogP contribution is 2.47. The fourth-order valence-corrected chi connectivity index (χ4v) is 4.18. The predicted octanol–water partition coefficient (Wildman–Crippen LogP) is 2.59. The lowest BCUT2D eigenvalue weighted by Gasteiger charge is -2.32. The van der Waals surface area contributed by atoms with E-state index < -0.39 is 6.04 Å². The fourth-order valence-electron chi connectivity index (χ4n) is 4.18. The van der Waals surface area contributed by atoms with Gasteiger partial charge in [0.25, 0.3) is 0 Å². The third-order valence-corrected chi connectivity index (χ3v) is 6.32. The number of H-pyrrole nitrogens is 1. The van der Waals surface area contributed by atoms with E-state index in [1.807, 2.05) is 35.8 Å². The van der Waals surface area contributed by atoms with Crippen LogP contribution in [0.2, 0.25) is 0 Å². The number of hydrogen-bond donors (Lipinski definition) is 1. The van der Waals surface area contributed by atoms with Crippen LogP contribution in [-0.2, 0) is 11.8 Å². The highest BCUT2D eigenvalue weighted by molar-refractivity contribution is 5.90. The molecule has 9 nitrogen and oxygen atoms in total. The summed E-state index contributed by atoms with van der Waals surface area (Å²) >= 11 is 0. The molecule has 2 aliphatic rings. The molecule has 6 rings (SSSR count). The smallest absolute Gasteiger partial charge is 0.312 e. The molecule has 1 aliphatic heterocycles. The van der Waals surface area contributed by atoms with E-state index in [-0.39, 0.29) is 17.2 Å². The van der Waals surface area contributed by atoms with Crippen LogP contribution in [0.5, 0.6) is 0 Å². The largest absolute Gasteiger partial charge is 0.416 e. The molecule has 0 spiro atoms. The molecule has 0 radical (unpaired) electrons. The molecule has 5 heterocycles. The summed E-state index contributed by atoms with van der Waals surface area (Å²) in [4.78, 5) is 22.9. The highest BCUT2D eigenvalue weighted by Gasteiger charge is 2.45. The lowest BCUT2D eigenvalue weighted by molar-refractivity contribution is 0.0643. The van der Waals surface area contributed by atoms with Gasteiger partial charge >= 0.3 is 11.8 Å². The van der Waals surface area contributed by atoms with Crippen molar-refractivity contribution < 1.29 is 9.21 Å². The van der Waals surface area contributed by atoms with Crippen LogP contribution in [0.4, 0.5) is 0 Å². The van der Waals surface area contributed by atoms with Crippen molar-refractivity contribution in [3.8, 4) is 0 Å². The van der Waals surface area contributed by atoms with E-state index >= 15 is 0 Å². The number of hydrogen-bond acceptors (Lipinski definition) is 6. The molecule has 4 aromatic heterocycles. The molecule has 1 aliphatic carbocycles. The number of nitrogens with zero attached hydrogens (tertiary/aromatic N) is 6. The molecule has 152 valence electrons. The monoisotopic (exact) mass is 403 g/mol. The molecule has 0 aromatic carbocycles. The Morgan fingerprint density at radius 3 is 3.00 bits per heavy atom. The van der Waals surface area contributed by atoms with E-state index in [0.29, 0.717) is 18.9 Å². The molecule has 9 heteroatoms. The average molecular weight is 403 g/mol. The van der Waals surface area contributed by atoms with E-state index in [1.165, 1.54) is 0 Å². The van der Waals surface area contributed by atoms with Gasteiger partial charge in [0.15, 0.2) is 0 Å². The summed E-state index contributed by atoms with van der Waals surface area (Å²) in [6, 6.07) is 5.61. The lowest BCUT2D eigenvalue weighted by Crippen LogP contribution is -2.41. The van der Waals surface area contributed by atoms with Gasteiger partial charge < -0.3 is 14.3 Å². The second-order valence-electron chi connectivity index (χ2n) is 8.48. The van der Waals surface area contributed by atoms with Gasteiger partial charge in [-0.2, -0.15) is 5.10 Å². The van der Waals surface area contributed by atoms with Gasteiger partial charge in [-0.25, -0.2) is 9.50 Å². The average Bonchev–Trinajstić information content (AvgIpc) is 3.21. The second kappa shape index (κ2) is 6.01. The van der Waals surface area contributed by atoms with Crippen LogP contribution in [0.25, 0.3) is 5.52 Å². The zero-order valence-corrected chi connectivity index (χ0v) is 16.8. The molecule has 30 heavy (non-hydrogen) atoms. The van der Waals surface area contributed by atoms with E-state index in [4.69, 9.17) is 9.52 Å². The molecular weight excluding hydrogens is 382 g/mol. The lowest BCUT2D eigenvalue weighted by atomic mass is 9.99. The van der Waals surface area contributed by atoms with Crippen LogP contribution >= 0.6 is 0 Å². The first-order valence-electron chi connectivity index (χ1n) is 10.2. The normalized spacial score (nSPS) is 19.8. The predicted molar refractivity (Wildman–Crippen MR) is 106 cm³/mol. The Kier molecular flexibility index (Phi) is 3.48. The van der Waals surface area contributed by atoms with Crippen LogP contribution in [0.15, 0.2) is 35.1 Å². The Hall–Kier alpha value is -3.49. The van der Waals surface area contributed by atoms with Crippen molar-refractivity contribution in [2.45, 2.75) is 44.6 Å². The van der Waals surface area contributed by atoms with E-state index in [9.17, 15) is 4.79 Å². The number of carbonyl (C=O) groups is 1. The van der Waals surface area contributed by atoms with E-state index in [1.54, 1.807) is 11.2 Å². The summed E-state index contributed by atoms with van der Waals surface area (Å²) in [6.07, 6.45) is 6.28. The van der Waals surface area contributed by atoms with Gasteiger partial charge in [-0.05, 0) is 37.5 Å². The summed E-state index contributed by atoms with van der Waals surface area (Å²) in [6.45, 7) is 4.64. The van der Waals surface area contributed by atoms with Crippen molar-refractivity contribution in [2.24, 2.45) is 0 Å². The molecule has 4 aromatic rings. The Morgan fingerprint density at radius 2 is 2.20 bits per heavy atom. The summed E-state index contributed by atoms with van der Waals surface area (Å²) in [7, 11) is 0. The zero-order chi connectivity index (χ0) is 20.5. The summed E-state index contributed by atoms with van der Waals surface area (Å²) in [5.41, 5.74) is 4.63. The minimum Gasteiger partial charge on any atom is -0.416 e. The number of aromatic nitrogens is 6. The fraction of sp³-hybridized carbons (Fsp3) is 0.381. The van der Waals surface area contributed by atoms with Gasteiger partial charge in [-0.1, -0.05) is 13.0 Å². The maximum atomic E-state index is 13.4. The molecule has 1 atom stereocenters. The number of nitrogens with one attached hydrogen (secondary N) is 1. The van der Waals surface area contributed by atoms with Crippen LogP contribution in [-0.4, -0.2) is 47.1 Å². The molecular formula is C21H21N7O2. The molecule has 1 saturated carbocycles. The standard InChI is InChI=1S/C21H21N7O2/c1-12-4-3-8-28-15(12)10-14(26-28)17-16-13(22-11-23-16)5-9-27(17)19(29)18-24-25-20(30-18)21(2)6-7-21/h3-4,8,10-11,17H,5-7,9H2,1-2H3,(H,22,23). The minimum absolute atomic E-state index is 0.0297. The van der Waals surface area contributed by atoms with Crippen molar-refractivity contribution in [2.75, 3.05) is 6.54 Å². The Balaban J connectivity index is 1.43. The zero-order valence-electron chi connectivity index (χ0n) is 16.8. The van der Waals surface area contributed by atoms with Crippen molar-refractivity contribution in [1.82, 2.24) is 34.7 Å². The number of rotatable bonds is 3. The Morgan fingerprint density at radius 1 is 1.33 bits per heavy atom. The van der Waals surface area contributed by atoms with E-state index in [2.05, 4.69) is 27.1 Å². The number of imidazole rings is 1. The van der Waals surface area contributed by atoms with Gasteiger partial charge in [-0.15, -0.1) is 10.2 Å². The first-order valence-corrected chi connectivity index (χ1v) is 10.2. The Bertz CT molecular complexity index is 1280. The number of pyridine rings is 1. The highest BCUT2D eigenvalue weighted by atomic mass is 16.4. The number of aryl methyl sites for hydroxylation is 1. The van der Waals surface area contributed by atoms with Crippen LogP contribution in [0.1, 0.15) is 65.0 Å². The van der Waals surface area contributed by atoms with Gasteiger partial charge in [0.2, 0.25) is 5.89 Å². The number of aromatic amines is 1. The topological polar surface area (TPSA) is 105 Å². The third kappa shape index (κ3) is 2.51. The van der Waals surface area contributed by atoms with Gasteiger partial charge in [0.1, 0.15) is 6.04 Å². The third-order valence-electron chi connectivity index (χ3n) is 6.32. The maximum absolute atomic E-state index is 13.4. The second-order valence-corrected chi connectivity index (χ2v) is 8.48. The van der Waals surface area contributed by atoms with Crippen molar-refractivity contribution in [3.63, 3.8) is 0 Å². The first-order chi connectivity index (χ1) is 14.5. The molecule has 1 unspecified atom stereocenters. The van der Waals surface area contributed by atoms with Crippen molar-refractivity contribution >= 4 is 11.4 Å². The molecule has 1 amide bonds. The molecule has 0 bridgehead atoms. The van der Waals surface area contributed by atoms with Crippen molar-refractivity contribution in [3.05, 3.63) is 65.1 Å². The summed E-state index contributed by atoms with van der Waals surface area (Å²) in [5.74, 6) is 0.288. The van der Waals surface area contributed by atoms with Gasteiger partial charge in [0.05, 0.1) is 23.2 Å². The quantitative estimate of drug-likeness (QED) is 0.564. The van der Waals surface area contributed by atoms with Gasteiger partial charge in [-0.3, -0.25) is 4.79 Å². The van der Waals surface area contributed by atoms with Crippen molar-refractivity contribution in [1.29, 1.82) is 0 Å². The van der Waals surface area contributed by atoms with Gasteiger partial charge in [0, 0.05) is 30.3 Å².